The number of fused-ring (bicyclic) bond motifs is 1. The number of aliphatic imine (C=N–C) groups is 1. The number of para-hydroxylation sites is 2. The Morgan fingerprint density at radius 1 is 1.15 bits per heavy atom. The average molecular weight is 471 g/mol. The van der Waals surface area contributed by atoms with Gasteiger partial charge in [0.25, 0.3) is 0 Å². The normalized spacial score (nSPS) is 15.6. The third-order valence-electron chi connectivity index (χ3n) is 3.69. The van der Waals surface area contributed by atoms with Crippen LogP contribution in [-0.2, 0) is 0 Å². The molecular formula is C18H22IN3O4. The highest BCUT2D eigenvalue weighted by Crippen LogP contribution is 2.31. The molecule has 3 rings (SSSR count). The van der Waals surface area contributed by atoms with Crippen LogP contribution in [0.4, 0.5) is 5.69 Å². The summed E-state index contributed by atoms with van der Waals surface area (Å²) in [5.74, 6) is 3.02. The highest BCUT2D eigenvalue weighted by atomic mass is 127. The van der Waals surface area contributed by atoms with Crippen molar-refractivity contribution in [3.05, 3.63) is 42.5 Å². The van der Waals surface area contributed by atoms with Gasteiger partial charge in [-0.05, 0) is 24.3 Å². The molecule has 1 heterocycles. The second kappa shape index (κ2) is 9.37. The summed E-state index contributed by atoms with van der Waals surface area (Å²) in [6.07, 6.45) is -0.180. The number of rotatable bonds is 5. The monoisotopic (exact) mass is 471 g/mol. The minimum atomic E-state index is -0.180. The molecule has 0 saturated heterocycles. The van der Waals surface area contributed by atoms with E-state index in [0.29, 0.717) is 24.7 Å². The maximum absolute atomic E-state index is 5.95. The Balaban J connectivity index is 0.00000243. The molecule has 0 saturated carbocycles. The van der Waals surface area contributed by atoms with Gasteiger partial charge in [-0.15, -0.1) is 24.0 Å². The minimum Gasteiger partial charge on any atom is -0.493 e. The third kappa shape index (κ3) is 4.84. The van der Waals surface area contributed by atoms with Gasteiger partial charge in [-0.2, -0.15) is 0 Å². The molecule has 0 bridgehead atoms. The number of benzene rings is 2. The van der Waals surface area contributed by atoms with Crippen LogP contribution in [-0.4, -0.2) is 39.4 Å². The lowest BCUT2D eigenvalue weighted by atomic mass is 10.2. The summed E-state index contributed by atoms with van der Waals surface area (Å²) in [5.41, 5.74) is 6.70. The number of halogens is 1. The van der Waals surface area contributed by atoms with Crippen molar-refractivity contribution < 1.29 is 18.9 Å². The number of hydrogen-bond acceptors (Lipinski definition) is 5. The van der Waals surface area contributed by atoms with Gasteiger partial charge in [0.1, 0.15) is 6.61 Å². The molecule has 0 spiro atoms. The molecule has 1 aliphatic rings. The number of nitrogens with one attached hydrogen (secondary N) is 1. The smallest absolute Gasteiger partial charge is 0.193 e. The fourth-order valence-electron chi connectivity index (χ4n) is 2.45. The van der Waals surface area contributed by atoms with Crippen LogP contribution in [0.3, 0.4) is 0 Å². The average Bonchev–Trinajstić information content (AvgIpc) is 2.66. The van der Waals surface area contributed by atoms with Gasteiger partial charge < -0.3 is 30.0 Å². The lowest BCUT2D eigenvalue weighted by molar-refractivity contribution is 0.0972. The first kappa shape index (κ1) is 20.0. The van der Waals surface area contributed by atoms with Crippen molar-refractivity contribution in [3.8, 4) is 23.0 Å². The topological polar surface area (TPSA) is 87.3 Å². The predicted molar refractivity (Wildman–Crippen MR) is 111 cm³/mol. The van der Waals surface area contributed by atoms with Crippen LogP contribution >= 0.6 is 24.0 Å². The number of guanidine groups is 1. The summed E-state index contributed by atoms with van der Waals surface area (Å²) in [5, 5.41) is 3.02. The fraction of sp³-hybridized carbons (Fsp3) is 0.278. The number of methoxy groups -OCH3 is 2. The van der Waals surface area contributed by atoms with Gasteiger partial charge in [-0.25, -0.2) is 4.99 Å². The lowest BCUT2D eigenvalue weighted by Crippen LogP contribution is -2.33. The van der Waals surface area contributed by atoms with E-state index in [0.717, 1.165) is 17.2 Å². The molecule has 8 heteroatoms. The second-order valence-electron chi connectivity index (χ2n) is 5.42. The zero-order chi connectivity index (χ0) is 17.6. The van der Waals surface area contributed by atoms with E-state index >= 15 is 0 Å². The summed E-state index contributed by atoms with van der Waals surface area (Å²) in [6, 6.07) is 13.0. The van der Waals surface area contributed by atoms with Gasteiger partial charge in [0, 0.05) is 11.8 Å². The molecule has 0 radical (unpaired) electrons. The van der Waals surface area contributed by atoms with Crippen molar-refractivity contribution in [2.75, 3.05) is 32.7 Å². The van der Waals surface area contributed by atoms with Crippen molar-refractivity contribution in [3.63, 3.8) is 0 Å². The summed E-state index contributed by atoms with van der Waals surface area (Å²) in [4.78, 5) is 4.32. The lowest BCUT2D eigenvalue weighted by Gasteiger charge is -2.25. The quantitative estimate of drug-likeness (QED) is 0.396. The van der Waals surface area contributed by atoms with Gasteiger partial charge in [-0.1, -0.05) is 12.1 Å². The van der Waals surface area contributed by atoms with Crippen LogP contribution in [0.2, 0.25) is 0 Å². The fourth-order valence-corrected chi connectivity index (χ4v) is 2.45. The van der Waals surface area contributed by atoms with Gasteiger partial charge in [0.05, 0.1) is 20.8 Å². The molecule has 1 aliphatic heterocycles. The van der Waals surface area contributed by atoms with E-state index in [1.807, 2.05) is 30.3 Å². The molecule has 1 unspecified atom stereocenters. The third-order valence-corrected chi connectivity index (χ3v) is 3.69. The number of nitrogens with zero attached hydrogens (tertiary/aromatic N) is 1. The Hall–Kier alpha value is -2.36. The standard InChI is InChI=1S/C18H21N3O4.HI/c1-22-14-8-7-12(9-17(14)23-2)21-18(19)20-10-13-11-24-15-5-3-4-6-16(15)25-13;/h3-9,13H,10-11H2,1-2H3,(H3,19,20,21);1H. The van der Waals surface area contributed by atoms with Crippen molar-refractivity contribution in [1.82, 2.24) is 0 Å². The molecule has 0 fully saturated rings. The number of anilines is 1. The van der Waals surface area contributed by atoms with E-state index in [9.17, 15) is 0 Å². The predicted octanol–water partition coefficient (Wildman–Crippen LogP) is 2.89. The second-order valence-corrected chi connectivity index (χ2v) is 5.42. The van der Waals surface area contributed by atoms with E-state index in [4.69, 9.17) is 24.7 Å². The van der Waals surface area contributed by atoms with Crippen molar-refractivity contribution in [2.45, 2.75) is 6.10 Å². The molecule has 1 atom stereocenters. The molecule has 0 aromatic heterocycles. The molecule has 140 valence electrons. The van der Waals surface area contributed by atoms with Gasteiger partial charge in [0.2, 0.25) is 0 Å². The SMILES string of the molecule is COc1ccc(NC(N)=NCC2COc3ccccc3O2)cc1OC.I. The molecular weight excluding hydrogens is 449 g/mol. The summed E-state index contributed by atoms with van der Waals surface area (Å²) >= 11 is 0. The van der Waals surface area contributed by atoms with E-state index in [-0.39, 0.29) is 36.0 Å². The van der Waals surface area contributed by atoms with Gasteiger partial charge >= 0.3 is 0 Å². The molecule has 0 amide bonds. The highest BCUT2D eigenvalue weighted by molar-refractivity contribution is 14.0. The summed E-state index contributed by atoms with van der Waals surface area (Å²) in [6.45, 7) is 0.824. The maximum atomic E-state index is 5.95. The Morgan fingerprint density at radius 3 is 2.62 bits per heavy atom. The zero-order valence-corrected chi connectivity index (χ0v) is 16.9. The largest absolute Gasteiger partial charge is 0.493 e. The summed E-state index contributed by atoms with van der Waals surface area (Å²) in [7, 11) is 3.17. The molecule has 7 nitrogen and oxygen atoms in total. The van der Waals surface area contributed by atoms with Crippen LogP contribution in [0.1, 0.15) is 0 Å². The van der Waals surface area contributed by atoms with Crippen molar-refractivity contribution in [2.24, 2.45) is 10.7 Å². The number of nitrogens with two attached hydrogens (primary N) is 1. The van der Waals surface area contributed by atoms with E-state index in [1.54, 1.807) is 26.4 Å². The molecule has 2 aromatic carbocycles. The van der Waals surface area contributed by atoms with E-state index < -0.39 is 0 Å². The Morgan fingerprint density at radius 2 is 1.88 bits per heavy atom. The molecule has 26 heavy (non-hydrogen) atoms. The van der Waals surface area contributed by atoms with Gasteiger partial charge in [0.15, 0.2) is 35.1 Å². The zero-order valence-electron chi connectivity index (χ0n) is 14.6. The first-order valence-corrected chi connectivity index (χ1v) is 7.87. The van der Waals surface area contributed by atoms with Crippen LogP contribution in [0.15, 0.2) is 47.5 Å². The molecule has 0 aliphatic carbocycles. The van der Waals surface area contributed by atoms with Gasteiger partial charge in [-0.3, -0.25) is 0 Å². The summed E-state index contributed by atoms with van der Waals surface area (Å²) < 4.78 is 22.0. The highest BCUT2D eigenvalue weighted by Gasteiger charge is 2.20. The van der Waals surface area contributed by atoms with Crippen molar-refractivity contribution in [1.29, 1.82) is 0 Å². The minimum absolute atomic E-state index is 0. The molecule has 2 aromatic rings. The Bertz CT molecular complexity index is 770. The first-order valence-electron chi connectivity index (χ1n) is 7.87. The first-order chi connectivity index (χ1) is 12.2. The van der Waals surface area contributed by atoms with E-state index in [2.05, 4.69) is 10.3 Å². The van der Waals surface area contributed by atoms with E-state index in [1.165, 1.54) is 0 Å². The Labute approximate surface area is 169 Å². The van der Waals surface area contributed by atoms with Crippen LogP contribution in [0, 0.1) is 0 Å². The van der Waals surface area contributed by atoms with Crippen LogP contribution in [0.5, 0.6) is 23.0 Å². The number of hydrogen-bond donors (Lipinski definition) is 2. The molecule has 3 N–H and O–H groups in total. The van der Waals surface area contributed by atoms with Crippen LogP contribution < -0.4 is 30.0 Å². The number of ether oxygens (including phenoxy) is 4. The maximum Gasteiger partial charge on any atom is 0.193 e. The van der Waals surface area contributed by atoms with Crippen LogP contribution in [0.25, 0.3) is 0 Å². The Kier molecular flexibility index (Phi) is 7.19. The van der Waals surface area contributed by atoms with Crippen molar-refractivity contribution >= 4 is 35.6 Å².